The first-order valence-electron chi connectivity index (χ1n) is 6.64. The van der Waals surface area contributed by atoms with Crippen LogP contribution in [0.1, 0.15) is 25.2 Å². The Kier molecular flexibility index (Phi) is 5.09. The van der Waals surface area contributed by atoms with E-state index < -0.39 is 0 Å². The van der Waals surface area contributed by atoms with E-state index >= 15 is 0 Å². The predicted molar refractivity (Wildman–Crippen MR) is 76.3 cm³/mol. The van der Waals surface area contributed by atoms with Gasteiger partial charge in [-0.15, -0.1) is 12.4 Å². The van der Waals surface area contributed by atoms with Gasteiger partial charge in [0.15, 0.2) is 0 Å². The zero-order valence-corrected chi connectivity index (χ0v) is 11.8. The summed E-state index contributed by atoms with van der Waals surface area (Å²) in [5.74, 6) is 0.576. The van der Waals surface area contributed by atoms with Crippen LogP contribution in [0.15, 0.2) is 28.8 Å². The molecule has 2 aromatic rings. The molecule has 1 saturated heterocycles. The molecule has 4 nitrogen and oxygen atoms in total. The third-order valence-corrected chi connectivity index (χ3v) is 3.45. The van der Waals surface area contributed by atoms with Gasteiger partial charge in [-0.2, -0.15) is 4.98 Å². The maximum atomic E-state index is 13.6. The lowest BCUT2D eigenvalue weighted by Gasteiger charge is -2.06. The third-order valence-electron chi connectivity index (χ3n) is 3.45. The second-order valence-corrected chi connectivity index (χ2v) is 4.82. The minimum absolute atomic E-state index is 0. The lowest BCUT2D eigenvalue weighted by atomic mass is 10.1. The van der Waals surface area contributed by atoms with Crippen LogP contribution in [0, 0.1) is 5.82 Å². The lowest BCUT2D eigenvalue weighted by Crippen LogP contribution is -2.21. The Bertz CT molecular complexity index is 555. The molecule has 1 unspecified atom stereocenters. The van der Waals surface area contributed by atoms with E-state index in [1.165, 1.54) is 18.9 Å². The van der Waals surface area contributed by atoms with Crippen LogP contribution < -0.4 is 5.32 Å². The first-order chi connectivity index (χ1) is 9.33. The minimum atomic E-state index is -0.327. The Hall–Kier alpha value is -1.46. The molecule has 1 aromatic carbocycles. The third kappa shape index (κ3) is 3.35. The molecule has 2 heterocycles. The maximum absolute atomic E-state index is 13.6. The van der Waals surface area contributed by atoms with Crippen LogP contribution >= 0.6 is 12.4 Å². The highest BCUT2D eigenvalue weighted by atomic mass is 35.5. The van der Waals surface area contributed by atoms with E-state index in [0.29, 0.717) is 23.3 Å². The average Bonchev–Trinajstić information content (AvgIpc) is 3.08. The summed E-state index contributed by atoms with van der Waals surface area (Å²) in [6.07, 6.45) is 4.15. The molecule has 0 amide bonds. The van der Waals surface area contributed by atoms with Crippen LogP contribution in [0.4, 0.5) is 4.39 Å². The summed E-state index contributed by atoms with van der Waals surface area (Å²) >= 11 is 0. The largest absolute Gasteiger partial charge is 0.339 e. The van der Waals surface area contributed by atoms with Crippen LogP contribution in [0.2, 0.25) is 0 Å². The van der Waals surface area contributed by atoms with Crippen molar-refractivity contribution in [1.29, 1.82) is 0 Å². The van der Waals surface area contributed by atoms with Gasteiger partial charge < -0.3 is 9.84 Å². The molecule has 1 aliphatic heterocycles. The topological polar surface area (TPSA) is 51.0 Å². The number of hydrogen-bond acceptors (Lipinski definition) is 4. The second-order valence-electron chi connectivity index (χ2n) is 4.82. The van der Waals surface area contributed by atoms with Crippen molar-refractivity contribution in [2.75, 3.05) is 6.54 Å². The Morgan fingerprint density at radius 1 is 1.35 bits per heavy atom. The molecular formula is C14H17ClFN3O. The van der Waals surface area contributed by atoms with Gasteiger partial charge in [0.25, 0.3) is 0 Å². The summed E-state index contributed by atoms with van der Waals surface area (Å²) in [4.78, 5) is 4.26. The highest BCUT2D eigenvalue weighted by Gasteiger charge is 2.16. The van der Waals surface area contributed by atoms with Crippen molar-refractivity contribution in [3.63, 3.8) is 0 Å². The fourth-order valence-corrected chi connectivity index (χ4v) is 2.41. The Morgan fingerprint density at radius 2 is 2.20 bits per heavy atom. The van der Waals surface area contributed by atoms with Crippen LogP contribution in [-0.4, -0.2) is 22.7 Å². The second kappa shape index (κ2) is 6.81. The molecule has 6 heteroatoms. The highest BCUT2D eigenvalue weighted by Crippen LogP contribution is 2.20. The van der Waals surface area contributed by atoms with Crippen molar-refractivity contribution < 1.29 is 8.91 Å². The Balaban J connectivity index is 0.00000147. The van der Waals surface area contributed by atoms with Crippen LogP contribution in [0.5, 0.6) is 0 Å². The fraction of sp³-hybridized carbons (Fsp3) is 0.429. The molecule has 0 spiro atoms. The number of halogens is 2. The predicted octanol–water partition coefficient (Wildman–Crippen LogP) is 2.98. The fourth-order valence-electron chi connectivity index (χ4n) is 2.41. The zero-order chi connectivity index (χ0) is 13.1. The van der Waals surface area contributed by atoms with Gasteiger partial charge in [-0.3, -0.25) is 0 Å². The summed E-state index contributed by atoms with van der Waals surface area (Å²) < 4.78 is 18.8. The highest BCUT2D eigenvalue weighted by molar-refractivity contribution is 5.85. The summed E-state index contributed by atoms with van der Waals surface area (Å²) in [6, 6.07) is 7.00. The van der Waals surface area contributed by atoms with Crippen molar-refractivity contribution in [3.8, 4) is 11.4 Å². The van der Waals surface area contributed by atoms with Gasteiger partial charge in [-0.1, -0.05) is 17.3 Å². The Morgan fingerprint density at radius 3 is 2.95 bits per heavy atom. The zero-order valence-electron chi connectivity index (χ0n) is 11.0. The smallest absolute Gasteiger partial charge is 0.227 e. The summed E-state index contributed by atoms with van der Waals surface area (Å²) in [7, 11) is 0. The average molecular weight is 298 g/mol. The molecule has 1 atom stereocenters. The van der Waals surface area contributed by atoms with Gasteiger partial charge in [-0.05, 0) is 37.9 Å². The van der Waals surface area contributed by atoms with E-state index in [4.69, 9.17) is 4.52 Å². The number of nitrogens with one attached hydrogen (secondary N) is 1. The number of hydrogen-bond donors (Lipinski definition) is 1. The van der Waals surface area contributed by atoms with Gasteiger partial charge in [0.1, 0.15) is 5.82 Å². The first kappa shape index (κ1) is 14.9. The molecule has 0 saturated carbocycles. The quantitative estimate of drug-likeness (QED) is 0.942. The molecule has 0 bridgehead atoms. The molecule has 0 radical (unpaired) electrons. The minimum Gasteiger partial charge on any atom is -0.339 e. The van der Waals surface area contributed by atoms with Crippen molar-refractivity contribution in [2.45, 2.75) is 31.7 Å². The molecular weight excluding hydrogens is 281 g/mol. The van der Waals surface area contributed by atoms with Gasteiger partial charge >= 0.3 is 0 Å². The number of rotatable bonds is 4. The van der Waals surface area contributed by atoms with Crippen LogP contribution in [0.3, 0.4) is 0 Å². The molecule has 20 heavy (non-hydrogen) atoms. The SMILES string of the molecule is Cl.Fc1ccccc1-c1noc(CCC2CCCN2)n1. The maximum Gasteiger partial charge on any atom is 0.227 e. The summed E-state index contributed by atoms with van der Waals surface area (Å²) in [5.41, 5.74) is 0.386. The van der Waals surface area contributed by atoms with E-state index in [-0.39, 0.29) is 18.2 Å². The van der Waals surface area contributed by atoms with Crippen molar-refractivity contribution in [2.24, 2.45) is 0 Å². The number of benzene rings is 1. The molecule has 0 aliphatic carbocycles. The molecule has 108 valence electrons. The van der Waals surface area contributed by atoms with Crippen molar-refractivity contribution in [3.05, 3.63) is 36.0 Å². The van der Waals surface area contributed by atoms with Crippen LogP contribution in [-0.2, 0) is 6.42 Å². The number of aromatic nitrogens is 2. The molecule has 1 N–H and O–H groups in total. The standard InChI is InChI=1S/C14H16FN3O.ClH/c15-12-6-2-1-5-11(12)14-17-13(19-18-14)8-7-10-4-3-9-16-10;/h1-2,5-6,10,16H,3-4,7-9H2;1H. The van der Waals surface area contributed by atoms with E-state index in [1.807, 2.05) is 0 Å². The van der Waals surface area contributed by atoms with Gasteiger partial charge in [0, 0.05) is 12.5 Å². The first-order valence-corrected chi connectivity index (χ1v) is 6.64. The molecule has 3 rings (SSSR count). The van der Waals surface area contributed by atoms with Gasteiger partial charge in [0.2, 0.25) is 11.7 Å². The van der Waals surface area contributed by atoms with E-state index in [2.05, 4.69) is 15.5 Å². The van der Waals surface area contributed by atoms with Crippen LogP contribution in [0.25, 0.3) is 11.4 Å². The normalized spacial score (nSPS) is 17.9. The molecule has 1 aliphatic rings. The van der Waals surface area contributed by atoms with E-state index in [0.717, 1.165) is 19.4 Å². The van der Waals surface area contributed by atoms with Crippen molar-refractivity contribution >= 4 is 12.4 Å². The lowest BCUT2D eigenvalue weighted by molar-refractivity contribution is 0.368. The molecule has 1 aromatic heterocycles. The summed E-state index contributed by atoms with van der Waals surface area (Å²) in [6.45, 7) is 1.09. The van der Waals surface area contributed by atoms with E-state index in [9.17, 15) is 4.39 Å². The van der Waals surface area contributed by atoms with Gasteiger partial charge in [-0.25, -0.2) is 4.39 Å². The van der Waals surface area contributed by atoms with Crippen molar-refractivity contribution in [1.82, 2.24) is 15.5 Å². The number of aryl methyl sites for hydroxylation is 1. The van der Waals surface area contributed by atoms with Gasteiger partial charge in [0.05, 0.1) is 5.56 Å². The summed E-state index contributed by atoms with van der Waals surface area (Å²) in [5, 5.41) is 7.27. The van der Waals surface area contributed by atoms with E-state index in [1.54, 1.807) is 18.2 Å². The monoisotopic (exact) mass is 297 g/mol. The Labute approximate surface area is 123 Å². The number of nitrogens with zero attached hydrogens (tertiary/aromatic N) is 2. The molecule has 1 fully saturated rings.